The van der Waals surface area contributed by atoms with Crippen molar-refractivity contribution in [2.24, 2.45) is 0 Å². The van der Waals surface area contributed by atoms with E-state index in [2.05, 4.69) is 10.4 Å². The van der Waals surface area contributed by atoms with Gasteiger partial charge in [-0.05, 0) is 13.3 Å². The Morgan fingerprint density at radius 2 is 2.20 bits per heavy atom. The molecule has 1 aromatic heterocycles. The van der Waals surface area contributed by atoms with E-state index in [9.17, 15) is 13.2 Å². The molecule has 6 heteroatoms. The molecule has 0 saturated carbocycles. The van der Waals surface area contributed by atoms with Crippen molar-refractivity contribution in [3.63, 3.8) is 0 Å². The van der Waals surface area contributed by atoms with E-state index in [1.807, 2.05) is 13.8 Å². The number of hydrogen-bond acceptors (Lipinski definition) is 2. The number of hydrogen-bond donors (Lipinski definition) is 1. The summed E-state index contributed by atoms with van der Waals surface area (Å²) in [5.74, 6) is 0. The first kappa shape index (κ1) is 11.9. The zero-order chi connectivity index (χ0) is 11.5. The van der Waals surface area contributed by atoms with Crippen LogP contribution in [0.1, 0.15) is 20.3 Å². The molecule has 1 atom stereocenters. The predicted octanol–water partition coefficient (Wildman–Crippen LogP) is 2.66. The van der Waals surface area contributed by atoms with Gasteiger partial charge in [-0.25, -0.2) is 0 Å². The molecule has 0 bridgehead atoms. The maximum atomic E-state index is 12.0. The molecule has 0 aliphatic rings. The minimum atomic E-state index is -4.22. The summed E-state index contributed by atoms with van der Waals surface area (Å²) < 4.78 is 36.9. The summed E-state index contributed by atoms with van der Waals surface area (Å²) >= 11 is 0. The third-order valence-corrected chi connectivity index (χ3v) is 2.00. The quantitative estimate of drug-likeness (QED) is 0.847. The second-order valence-electron chi connectivity index (χ2n) is 3.50. The number of nitrogens with zero attached hydrogens (tertiary/aromatic N) is 2. The van der Waals surface area contributed by atoms with Gasteiger partial charge in [0.05, 0.1) is 11.9 Å². The van der Waals surface area contributed by atoms with Crippen molar-refractivity contribution < 1.29 is 13.2 Å². The number of anilines is 1. The Labute approximate surface area is 86.3 Å². The fraction of sp³-hybridized carbons (Fsp3) is 0.667. The van der Waals surface area contributed by atoms with Crippen LogP contribution in [0.3, 0.4) is 0 Å². The van der Waals surface area contributed by atoms with Gasteiger partial charge in [-0.15, -0.1) is 0 Å². The summed E-state index contributed by atoms with van der Waals surface area (Å²) in [7, 11) is 0. The average Bonchev–Trinajstić information content (AvgIpc) is 2.49. The molecule has 86 valence electrons. The smallest absolute Gasteiger partial charge is 0.380 e. The van der Waals surface area contributed by atoms with E-state index in [4.69, 9.17) is 0 Å². The number of nitrogens with one attached hydrogen (secondary N) is 1. The standard InChI is InChI=1S/C9H14F3N3/c1-3-7(2)14-8-4-13-15(5-8)6-9(10,11)12/h4-5,7,14H,3,6H2,1-2H3. The van der Waals surface area contributed by atoms with Crippen LogP contribution in [0.2, 0.25) is 0 Å². The minimum absolute atomic E-state index is 0.230. The molecule has 1 rings (SSSR count). The summed E-state index contributed by atoms with van der Waals surface area (Å²) in [5, 5.41) is 6.67. The van der Waals surface area contributed by atoms with Crippen LogP contribution in [0, 0.1) is 0 Å². The van der Waals surface area contributed by atoms with E-state index in [1.165, 1.54) is 12.4 Å². The normalized spacial score (nSPS) is 13.9. The minimum Gasteiger partial charge on any atom is -0.380 e. The van der Waals surface area contributed by atoms with Crippen LogP contribution >= 0.6 is 0 Å². The molecule has 1 N–H and O–H groups in total. The van der Waals surface area contributed by atoms with Crippen LogP contribution in [0.5, 0.6) is 0 Å². The van der Waals surface area contributed by atoms with Gasteiger partial charge < -0.3 is 5.32 Å². The first-order valence-corrected chi connectivity index (χ1v) is 4.76. The lowest BCUT2D eigenvalue weighted by atomic mass is 10.2. The third-order valence-electron chi connectivity index (χ3n) is 2.00. The number of alkyl halides is 3. The Kier molecular flexibility index (Phi) is 3.60. The molecule has 0 spiro atoms. The highest BCUT2D eigenvalue weighted by atomic mass is 19.4. The maximum Gasteiger partial charge on any atom is 0.408 e. The van der Waals surface area contributed by atoms with Gasteiger partial charge in [-0.1, -0.05) is 6.92 Å². The molecule has 0 aliphatic carbocycles. The highest BCUT2D eigenvalue weighted by Crippen LogP contribution is 2.18. The molecule has 0 saturated heterocycles. The third kappa shape index (κ3) is 4.22. The van der Waals surface area contributed by atoms with Gasteiger partial charge in [0.15, 0.2) is 0 Å². The maximum absolute atomic E-state index is 12.0. The molecule has 0 aliphatic heterocycles. The Bertz CT molecular complexity index is 306. The van der Waals surface area contributed by atoms with Crippen LogP contribution in [-0.2, 0) is 6.54 Å². The molecule has 0 amide bonds. The van der Waals surface area contributed by atoms with Crippen molar-refractivity contribution >= 4 is 5.69 Å². The summed E-state index contributed by atoms with van der Waals surface area (Å²) in [6.07, 6.45) is -0.554. The summed E-state index contributed by atoms with van der Waals surface area (Å²) in [6.45, 7) is 2.91. The summed E-state index contributed by atoms with van der Waals surface area (Å²) in [6, 6.07) is 0.230. The molecule has 0 fully saturated rings. The van der Waals surface area contributed by atoms with Gasteiger partial charge in [-0.2, -0.15) is 18.3 Å². The van der Waals surface area contributed by atoms with Gasteiger partial charge in [0.1, 0.15) is 6.54 Å². The Morgan fingerprint density at radius 3 is 2.73 bits per heavy atom. The highest BCUT2D eigenvalue weighted by Gasteiger charge is 2.28. The number of aromatic nitrogens is 2. The van der Waals surface area contributed by atoms with Crippen LogP contribution in [0.25, 0.3) is 0 Å². The van der Waals surface area contributed by atoms with Gasteiger partial charge in [0.2, 0.25) is 0 Å². The molecule has 3 nitrogen and oxygen atoms in total. The Hall–Kier alpha value is -1.20. The van der Waals surface area contributed by atoms with Crippen LogP contribution in [0.15, 0.2) is 12.4 Å². The van der Waals surface area contributed by atoms with Crippen molar-refractivity contribution in [1.82, 2.24) is 9.78 Å². The van der Waals surface area contributed by atoms with Crippen molar-refractivity contribution in [1.29, 1.82) is 0 Å². The zero-order valence-corrected chi connectivity index (χ0v) is 8.67. The lowest BCUT2D eigenvalue weighted by Gasteiger charge is -2.10. The fourth-order valence-electron chi connectivity index (χ4n) is 1.09. The summed E-state index contributed by atoms with van der Waals surface area (Å²) in [4.78, 5) is 0. The first-order chi connectivity index (χ1) is 6.90. The molecular formula is C9H14F3N3. The number of halogens is 3. The van der Waals surface area contributed by atoms with Crippen molar-refractivity contribution in [3.05, 3.63) is 12.4 Å². The van der Waals surface area contributed by atoms with Crippen LogP contribution in [0.4, 0.5) is 18.9 Å². The highest BCUT2D eigenvalue weighted by molar-refractivity contribution is 5.38. The Morgan fingerprint density at radius 1 is 1.53 bits per heavy atom. The molecule has 1 heterocycles. The molecule has 15 heavy (non-hydrogen) atoms. The second-order valence-corrected chi connectivity index (χ2v) is 3.50. The van der Waals surface area contributed by atoms with Crippen molar-refractivity contribution in [2.75, 3.05) is 5.32 Å². The van der Waals surface area contributed by atoms with Gasteiger partial charge in [0.25, 0.3) is 0 Å². The SMILES string of the molecule is CCC(C)Nc1cnn(CC(F)(F)F)c1. The van der Waals surface area contributed by atoms with Gasteiger partial charge >= 0.3 is 6.18 Å². The topological polar surface area (TPSA) is 29.9 Å². The largest absolute Gasteiger partial charge is 0.408 e. The van der Waals surface area contributed by atoms with Gasteiger partial charge in [0, 0.05) is 12.2 Å². The zero-order valence-electron chi connectivity index (χ0n) is 8.67. The van der Waals surface area contributed by atoms with E-state index in [-0.39, 0.29) is 6.04 Å². The van der Waals surface area contributed by atoms with Crippen LogP contribution in [-0.4, -0.2) is 22.0 Å². The molecular weight excluding hydrogens is 207 g/mol. The monoisotopic (exact) mass is 221 g/mol. The molecule has 0 aromatic carbocycles. The molecule has 1 aromatic rings. The van der Waals surface area contributed by atoms with Crippen LogP contribution < -0.4 is 5.32 Å². The van der Waals surface area contributed by atoms with E-state index in [0.29, 0.717) is 5.69 Å². The van der Waals surface area contributed by atoms with E-state index >= 15 is 0 Å². The molecule has 1 unspecified atom stereocenters. The predicted molar refractivity (Wildman–Crippen MR) is 51.7 cm³/mol. The Balaban J connectivity index is 2.56. The van der Waals surface area contributed by atoms with E-state index in [0.717, 1.165) is 11.1 Å². The fourth-order valence-corrected chi connectivity index (χ4v) is 1.09. The lowest BCUT2D eigenvalue weighted by Crippen LogP contribution is -2.18. The van der Waals surface area contributed by atoms with Crippen molar-refractivity contribution in [3.8, 4) is 0 Å². The molecule has 0 radical (unpaired) electrons. The summed E-state index contributed by atoms with van der Waals surface area (Å²) in [5.41, 5.74) is 0.619. The average molecular weight is 221 g/mol. The van der Waals surface area contributed by atoms with Crippen molar-refractivity contribution in [2.45, 2.75) is 39.0 Å². The lowest BCUT2D eigenvalue weighted by molar-refractivity contribution is -0.142. The van der Waals surface area contributed by atoms with Gasteiger partial charge in [-0.3, -0.25) is 4.68 Å². The second kappa shape index (κ2) is 4.55. The first-order valence-electron chi connectivity index (χ1n) is 4.76. The number of rotatable bonds is 4. The van der Waals surface area contributed by atoms with E-state index in [1.54, 1.807) is 0 Å². The van der Waals surface area contributed by atoms with E-state index < -0.39 is 12.7 Å².